The first-order valence-corrected chi connectivity index (χ1v) is 2.29. The Labute approximate surface area is 97.1 Å². The van der Waals surface area contributed by atoms with Crippen LogP contribution in [0.2, 0.25) is 0 Å². The van der Waals surface area contributed by atoms with Crippen molar-refractivity contribution in [3.8, 4) is 0 Å². The van der Waals surface area contributed by atoms with Gasteiger partial charge in [0.15, 0.2) is 0 Å². The second-order valence-corrected chi connectivity index (χ2v) is 1.22. The fraction of sp³-hybridized carbons (Fsp3) is 0.167. The van der Waals surface area contributed by atoms with Crippen molar-refractivity contribution in [1.29, 1.82) is 0 Å². The van der Waals surface area contributed by atoms with E-state index in [1.165, 1.54) is 6.08 Å². The summed E-state index contributed by atoms with van der Waals surface area (Å²) in [5.74, 6) is -0.914. The van der Waals surface area contributed by atoms with Crippen LogP contribution in [0, 0.1) is 0 Å². The van der Waals surface area contributed by atoms with Gasteiger partial charge >= 0.3 is 57.4 Å². The van der Waals surface area contributed by atoms with Gasteiger partial charge in [0, 0.05) is 6.08 Å². The van der Waals surface area contributed by atoms with Gasteiger partial charge in [-0.15, -0.1) is 0 Å². The summed E-state index contributed by atoms with van der Waals surface area (Å²) in [6, 6.07) is 0. The van der Waals surface area contributed by atoms with Gasteiger partial charge in [0.2, 0.25) is 0 Å². The predicted octanol–water partition coefficient (Wildman–Crippen LogP) is 0.555. The summed E-state index contributed by atoms with van der Waals surface area (Å²) in [7, 11) is 0. The van der Waals surface area contributed by atoms with E-state index in [4.69, 9.17) is 5.11 Å². The molecule has 0 spiro atoms. The van der Waals surface area contributed by atoms with Gasteiger partial charge in [0.1, 0.15) is 0 Å². The zero-order valence-corrected chi connectivity index (χ0v) is 4.66. The molecule has 0 fully saturated rings. The minimum absolute atomic E-state index is 0. The first-order chi connectivity index (χ1) is 3.77. The van der Waals surface area contributed by atoms with E-state index in [1.807, 2.05) is 6.92 Å². The number of carboxylic acid groups (broad SMARTS) is 1. The van der Waals surface area contributed by atoms with Crippen molar-refractivity contribution in [1.82, 2.24) is 0 Å². The summed E-state index contributed by atoms with van der Waals surface area (Å²) in [5.41, 5.74) is 0. The molecule has 2 nitrogen and oxygen atoms in total. The molecule has 0 amide bonds. The van der Waals surface area contributed by atoms with Crippen LogP contribution < -0.4 is 0 Å². The number of rotatable bonds is 2. The van der Waals surface area contributed by atoms with Crippen LogP contribution in [0.4, 0.5) is 0 Å². The third-order valence-electron chi connectivity index (χ3n) is 0.542. The Morgan fingerprint density at radius 3 is 2.33 bits per heavy atom. The summed E-state index contributed by atoms with van der Waals surface area (Å²) in [6.45, 7) is 1.83. The Morgan fingerprint density at radius 2 is 2.00 bits per heavy atom. The van der Waals surface area contributed by atoms with Gasteiger partial charge in [-0.05, 0) is 6.92 Å². The molecule has 0 saturated carbocycles. The summed E-state index contributed by atoms with van der Waals surface area (Å²) in [6.07, 6.45) is 5.98. The van der Waals surface area contributed by atoms with E-state index in [2.05, 4.69) is 0 Å². The first kappa shape index (κ1) is 12.3. The molecule has 0 bridgehead atoms. The number of aliphatic carboxylic acids is 1. The molecule has 0 aromatic rings. The van der Waals surface area contributed by atoms with Crippen molar-refractivity contribution in [2.24, 2.45) is 0 Å². The van der Waals surface area contributed by atoms with Gasteiger partial charge in [0.05, 0.1) is 0 Å². The van der Waals surface area contributed by atoms with Gasteiger partial charge in [0.25, 0.3) is 0 Å². The molecule has 0 aromatic carbocycles. The third-order valence-corrected chi connectivity index (χ3v) is 0.542. The van der Waals surface area contributed by atoms with Crippen molar-refractivity contribution in [2.45, 2.75) is 6.92 Å². The summed E-state index contributed by atoms with van der Waals surface area (Å²) < 4.78 is 0. The van der Waals surface area contributed by atoms with Crippen LogP contribution in [-0.4, -0.2) is 62.5 Å². The molecule has 46 valence electrons. The SMILES string of the molecule is C/C=C/C=C/C(=O)O.[KH]. The quantitative estimate of drug-likeness (QED) is 0.356. The number of carbonyl (C=O) groups is 1. The summed E-state index contributed by atoms with van der Waals surface area (Å²) >= 11 is 0. The van der Waals surface area contributed by atoms with Crippen LogP contribution in [0.3, 0.4) is 0 Å². The Kier molecular flexibility index (Phi) is 11.7. The molecule has 9 heavy (non-hydrogen) atoms. The van der Waals surface area contributed by atoms with Crippen molar-refractivity contribution in [2.75, 3.05) is 0 Å². The van der Waals surface area contributed by atoms with Gasteiger partial charge in [-0.1, -0.05) is 18.2 Å². The fourth-order valence-electron chi connectivity index (χ4n) is 0.249. The summed E-state index contributed by atoms with van der Waals surface area (Å²) in [4.78, 5) is 9.75. The number of allylic oxidation sites excluding steroid dienone is 3. The van der Waals surface area contributed by atoms with Crippen LogP contribution in [-0.2, 0) is 4.79 Å². The maximum absolute atomic E-state index is 9.75. The van der Waals surface area contributed by atoms with Crippen molar-refractivity contribution >= 4 is 57.4 Å². The molecule has 1 N–H and O–H groups in total. The molecule has 0 radical (unpaired) electrons. The molecule has 0 heterocycles. The van der Waals surface area contributed by atoms with Crippen molar-refractivity contribution in [3.63, 3.8) is 0 Å². The maximum atomic E-state index is 9.75. The van der Waals surface area contributed by atoms with E-state index >= 15 is 0 Å². The molecule has 3 heteroatoms. The van der Waals surface area contributed by atoms with Crippen LogP contribution in [0.5, 0.6) is 0 Å². The van der Waals surface area contributed by atoms with E-state index in [1.54, 1.807) is 12.2 Å². The molecule has 0 atom stereocenters. The minimum atomic E-state index is -0.914. The Morgan fingerprint density at radius 1 is 1.44 bits per heavy atom. The van der Waals surface area contributed by atoms with Gasteiger partial charge < -0.3 is 5.11 Å². The van der Waals surface area contributed by atoms with Crippen molar-refractivity contribution < 1.29 is 9.90 Å². The number of hydrogen-bond acceptors (Lipinski definition) is 1. The average Bonchev–Trinajstić information content (AvgIpc) is 1.66. The van der Waals surface area contributed by atoms with Gasteiger partial charge in [-0.2, -0.15) is 0 Å². The summed E-state index contributed by atoms with van der Waals surface area (Å²) in [5, 5.41) is 8.02. The second-order valence-electron chi connectivity index (χ2n) is 1.22. The zero-order valence-electron chi connectivity index (χ0n) is 4.66. The van der Waals surface area contributed by atoms with Crippen LogP contribution >= 0.6 is 0 Å². The molecular weight excluding hydrogens is 143 g/mol. The third kappa shape index (κ3) is 11.9. The Balaban J connectivity index is 0. The van der Waals surface area contributed by atoms with Crippen LogP contribution in [0.1, 0.15) is 6.92 Å². The molecule has 0 unspecified atom stereocenters. The molecule has 0 aliphatic rings. The number of carboxylic acids is 1. The van der Waals surface area contributed by atoms with Crippen LogP contribution in [0.25, 0.3) is 0 Å². The topological polar surface area (TPSA) is 37.3 Å². The van der Waals surface area contributed by atoms with Crippen LogP contribution in [0.15, 0.2) is 24.3 Å². The van der Waals surface area contributed by atoms with Gasteiger partial charge in [-0.25, -0.2) is 4.79 Å². The van der Waals surface area contributed by atoms with E-state index in [0.29, 0.717) is 0 Å². The molecule has 0 rings (SSSR count). The molecule has 0 aliphatic carbocycles. The average molecular weight is 152 g/mol. The molecule has 0 aliphatic heterocycles. The zero-order chi connectivity index (χ0) is 6.41. The predicted molar refractivity (Wildman–Crippen MR) is 38.7 cm³/mol. The van der Waals surface area contributed by atoms with E-state index in [0.717, 1.165) is 6.08 Å². The van der Waals surface area contributed by atoms with E-state index in [9.17, 15) is 4.79 Å². The van der Waals surface area contributed by atoms with Gasteiger partial charge in [-0.3, -0.25) is 0 Å². The number of hydrogen-bond donors (Lipinski definition) is 1. The molecule has 0 saturated heterocycles. The first-order valence-electron chi connectivity index (χ1n) is 2.29. The van der Waals surface area contributed by atoms with E-state index < -0.39 is 5.97 Å². The molecule has 0 aromatic heterocycles. The normalized spacial score (nSPS) is 9.89. The Bertz CT molecular complexity index is 127. The fourth-order valence-corrected chi connectivity index (χ4v) is 0.249. The Hall–Kier alpha value is 0.586. The molecular formula is C6H9KO2. The van der Waals surface area contributed by atoms with Crippen molar-refractivity contribution in [3.05, 3.63) is 24.3 Å². The van der Waals surface area contributed by atoms with E-state index in [-0.39, 0.29) is 51.4 Å². The monoisotopic (exact) mass is 152 g/mol. The standard InChI is InChI=1S/C6H8O2.K.H/c1-2-3-4-5-6(7)8;;/h2-5H,1H3,(H,7,8);;/b3-2+,5-4+;;. The second kappa shape index (κ2) is 8.59.